The number of pyridine rings is 1. The van der Waals surface area contributed by atoms with Crippen molar-refractivity contribution in [3.63, 3.8) is 0 Å². The van der Waals surface area contributed by atoms with Gasteiger partial charge in [-0.25, -0.2) is 9.78 Å². The number of aryl methyl sites for hydroxylation is 1. The van der Waals surface area contributed by atoms with Gasteiger partial charge in [0.25, 0.3) is 5.91 Å². The summed E-state index contributed by atoms with van der Waals surface area (Å²) in [6.45, 7) is 6.12. The number of carbonyl (C=O) groups is 2. The van der Waals surface area contributed by atoms with Gasteiger partial charge in [-0.2, -0.15) is 0 Å². The number of ether oxygens (including phenoxy) is 1. The van der Waals surface area contributed by atoms with E-state index in [1.165, 1.54) is 19.3 Å². The maximum Gasteiger partial charge on any atom is 0.339 e. The molecule has 0 N–H and O–H groups in total. The van der Waals surface area contributed by atoms with Gasteiger partial charge in [0.05, 0.1) is 17.9 Å². The van der Waals surface area contributed by atoms with Crippen molar-refractivity contribution in [3.8, 4) is 0 Å². The molecular weight excluding hydrogens is 328 g/mol. The van der Waals surface area contributed by atoms with E-state index < -0.39 is 0 Å². The topological polar surface area (TPSA) is 59.5 Å². The molecule has 142 valence electrons. The van der Waals surface area contributed by atoms with Crippen molar-refractivity contribution >= 4 is 11.9 Å². The van der Waals surface area contributed by atoms with E-state index in [2.05, 4.69) is 16.8 Å². The van der Waals surface area contributed by atoms with Gasteiger partial charge in [-0.15, -0.1) is 0 Å². The van der Waals surface area contributed by atoms with Gasteiger partial charge in [-0.1, -0.05) is 13.3 Å². The number of hydrogen-bond donors (Lipinski definition) is 0. The molecule has 2 aliphatic rings. The van der Waals surface area contributed by atoms with Crippen molar-refractivity contribution in [2.75, 3.05) is 6.61 Å². The zero-order chi connectivity index (χ0) is 18.7. The molecule has 1 amide bonds. The standard InChI is InChI=1S/C21H30N2O3/c1-4-15-6-8-16(9-7-15)23(17-10-11-17)20(24)19-13-12-18(14(3)22-19)21(25)26-5-2/h12-13,15-17H,4-11H2,1-3H3. The molecule has 1 aromatic rings. The molecule has 3 rings (SSSR count). The van der Waals surface area contributed by atoms with Crippen molar-refractivity contribution in [3.05, 3.63) is 29.1 Å². The highest BCUT2D eigenvalue weighted by Gasteiger charge is 2.39. The van der Waals surface area contributed by atoms with Gasteiger partial charge in [0, 0.05) is 12.1 Å². The second kappa shape index (κ2) is 8.19. The molecule has 0 spiro atoms. The van der Waals surface area contributed by atoms with Crippen LogP contribution < -0.4 is 0 Å². The van der Waals surface area contributed by atoms with Crippen LogP contribution in [-0.2, 0) is 4.74 Å². The first-order valence-electron chi connectivity index (χ1n) is 10.0. The second-order valence-corrected chi connectivity index (χ2v) is 7.58. The molecule has 2 saturated carbocycles. The summed E-state index contributed by atoms with van der Waals surface area (Å²) in [5, 5.41) is 0. The maximum absolute atomic E-state index is 13.2. The zero-order valence-corrected chi connectivity index (χ0v) is 16.2. The minimum absolute atomic E-state index is 0.0194. The largest absolute Gasteiger partial charge is 0.462 e. The normalized spacial score (nSPS) is 22.7. The van der Waals surface area contributed by atoms with Crippen LogP contribution in [0.15, 0.2) is 12.1 Å². The predicted octanol–water partition coefficient (Wildman–Crippen LogP) is 4.14. The van der Waals surface area contributed by atoms with Crippen molar-refractivity contribution in [2.24, 2.45) is 5.92 Å². The quantitative estimate of drug-likeness (QED) is 0.717. The molecule has 2 aliphatic carbocycles. The fourth-order valence-corrected chi connectivity index (χ4v) is 4.05. The highest BCUT2D eigenvalue weighted by molar-refractivity contribution is 5.95. The number of rotatable bonds is 6. The predicted molar refractivity (Wildman–Crippen MR) is 100 cm³/mol. The molecule has 0 saturated heterocycles. The van der Waals surface area contributed by atoms with Crippen LogP contribution in [-0.4, -0.2) is 40.5 Å². The van der Waals surface area contributed by atoms with Gasteiger partial charge in [0.2, 0.25) is 0 Å². The fraction of sp³-hybridized carbons (Fsp3) is 0.667. The summed E-state index contributed by atoms with van der Waals surface area (Å²) in [5.41, 5.74) is 1.43. The van der Waals surface area contributed by atoms with Crippen LogP contribution in [0.3, 0.4) is 0 Å². The summed E-state index contributed by atoms with van der Waals surface area (Å²) in [6, 6.07) is 4.06. The summed E-state index contributed by atoms with van der Waals surface area (Å²) in [7, 11) is 0. The molecular formula is C21H30N2O3. The van der Waals surface area contributed by atoms with Crippen molar-refractivity contribution < 1.29 is 14.3 Å². The van der Waals surface area contributed by atoms with E-state index in [-0.39, 0.29) is 11.9 Å². The Labute approximate surface area is 156 Å². The number of carbonyl (C=O) groups excluding carboxylic acids is 2. The van der Waals surface area contributed by atoms with E-state index >= 15 is 0 Å². The lowest BCUT2D eigenvalue weighted by atomic mass is 9.83. The van der Waals surface area contributed by atoms with E-state index in [4.69, 9.17) is 4.74 Å². The molecule has 0 aliphatic heterocycles. The lowest BCUT2D eigenvalue weighted by Gasteiger charge is -2.37. The Morgan fingerprint density at radius 1 is 1.08 bits per heavy atom. The number of aromatic nitrogens is 1. The molecule has 5 heteroatoms. The molecule has 2 fully saturated rings. The SMILES string of the molecule is CCOC(=O)c1ccc(C(=O)N(C2CCC(CC)CC2)C2CC2)nc1C. The minimum Gasteiger partial charge on any atom is -0.462 e. The van der Waals surface area contributed by atoms with Crippen LogP contribution in [0.2, 0.25) is 0 Å². The van der Waals surface area contributed by atoms with Gasteiger partial charge >= 0.3 is 5.97 Å². The van der Waals surface area contributed by atoms with E-state index in [1.807, 2.05) is 0 Å². The van der Waals surface area contributed by atoms with Gasteiger partial charge in [-0.3, -0.25) is 4.79 Å². The molecule has 1 aromatic heterocycles. The molecule has 26 heavy (non-hydrogen) atoms. The molecule has 0 atom stereocenters. The minimum atomic E-state index is -0.381. The first kappa shape index (κ1) is 18.9. The highest BCUT2D eigenvalue weighted by atomic mass is 16.5. The Hall–Kier alpha value is -1.91. The molecule has 1 heterocycles. The van der Waals surface area contributed by atoms with Crippen molar-refractivity contribution in [2.45, 2.75) is 77.8 Å². The van der Waals surface area contributed by atoms with Gasteiger partial charge < -0.3 is 9.64 Å². The van der Waals surface area contributed by atoms with Crippen LogP contribution in [0.5, 0.6) is 0 Å². The first-order chi connectivity index (χ1) is 12.5. The van der Waals surface area contributed by atoms with Crippen LogP contribution in [0.25, 0.3) is 0 Å². The van der Waals surface area contributed by atoms with Crippen LogP contribution >= 0.6 is 0 Å². The Kier molecular flexibility index (Phi) is 5.94. The summed E-state index contributed by atoms with van der Waals surface area (Å²) in [5.74, 6) is 0.450. The van der Waals surface area contributed by atoms with Gasteiger partial charge in [0.1, 0.15) is 5.69 Å². The number of amides is 1. The maximum atomic E-state index is 13.2. The zero-order valence-electron chi connectivity index (χ0n) is 16.2. The smallest absolute Gasteiger partial charge is 0.339 e. The lowest BCUT2D eigenvalue weighted by molar-refractivity contribution is 0.0521. The second-order valence-electron chi connectivity index (χ2n) is 7.58. The van der Waals surface area contributed by atoms with Gasteiger partial charge in [-0.05, 0) is 70.4 Å². The van der Waals surface area contributed by atoms with E-state index in [1.54, 1.807) is 26.0 Å². The molecule has 0 bridgehead atoms. The van der Waals surface area contributed by atoms with E-state index in [9.17, 15) is 9.59 Å². The number of nitrogens with zero attached hydrogens (tertiary/aromatic N) is 2. The number of esters is 1. The van der Waals surface area contributed by atoms with Crippen molar-refractivity contribution in [1.82, 2.24) is 9.88 Å². The molecule has 0 aromatic carbocycles. The van der Waals surface area contributed by atoms with E-state index in [0.717, 1.165) is 31.6 Å². The first-order valence-corrected chi connectivity index (χ1v) is 10.0. The molecule has 5 nitrogen and oxygen atoms in total. The molecule has 0 radical (unpaired) electrons. The van der Waals surface area contributed by atoms with Gasteiger partial charge in [0.15, 0.2) is 0 Å². The monoisotopic (exact) mass is 358 g/mol. The van der Waals surface area contributed by atoms with Crippen LogP contribution in [0.4, 0.5) is 0 Å². The average molecular weight is 358 g/mol. The third kappa shape index (κ3) is 4.08. The van der Waals surface area contributed by atoms with Crippen LogP contribution in [0.1, 0.15) is 85.3 Å². The Morgan fingerprint density at radius 3 is 2.19 bits per heavy atom. The summed E-state index contributed by atoms with van der Waals surface area (Å²) in [4.78, 5) is 31.7. The third-order valence-electron chi connectivity index (χ3n) is 5.76. The average Bonchev–Trinajstić information content (AvgIpc) is 3.47. The third-order valence-corrected chi connectivity index (χ3v) is 5.76. The summed E-state index contributed by atoms with van der Waals surface area (Å²) < 4.78 is 5.05. The number of hydrogen-bond acceptors (Lipinski definition) is 4. The summed E-state index contributed by atoms with van der Waals surface area (Å²) >= 11 is 0. The lowest BCUT2D eigenvalue weighted by Crippen LogP contribution is -2.44. The fourth-order valence-electron chi connectivity index (χ4n) is 4.05. The summed E-state index contributed by atoms with van der Waals surface area (Å²) in [6.07, 6.45) is 8.05. The van der Waals surface area contributed by atoms with Crippen LogP contribution in [0, 0.1) is 12.8 Å². The molecule has 0 unspecified atom stereocenters. The van der Waals surface area contributed by atoms with Crippen molar-refractivity contribution in [1.29, 1.82) is 0 Å². The highest BCUT2D eigenvalue weighted by Crippen LogP contribution is 2.37. The Balaban J connectivity index is 1.75. The van der Waals surface area contributed by atoms with E-state index in [0.29, 0.717) is 35.6 Å². The Bertz CT molecular complexity index is 661. The Morgan fingerprint density at radius 2 is 1.69 bits per heavy atom.